The van der Waals surface area contributed by atoms with Crippen molar-refractivity contribution in [2.75, 3.05) is 5.32 Å². The lowest BCUT2D eigenvalue weighted by atomic mass is 10.2. The van der Waals surface area contributed by atoms with Crippen LogP contribution in [0.3, 0.4) is 0 Å². The van der Waals surface area contributed by atoms with E-state index in [1.54, 1.807) is 11.6 Å². The number of nitrogens with zero attached hydrogens (tertiary/aromatic N) is 4. The topological polar surface area (TPSA) is 64.7 Å². The predicted molar refractivity (Wildman–Crippen MR) is 103 cm³/mol. The van der Waals surface area contributed by atoms with Crippen molar-refractivity contribution in [1.82, 2.24) is 19.6 Å². The Morgan fingerprint density at radius 1 is 1.08 bits per heavy atom. The second kappa shape index (κ2) is 7.33. The van der Waals surface area contributed by atoms with Gasteiger partial charge in [0.2, 0.25) is 0 Å². The first kappa shape index (κ1) is 18.2. The van der Waals surface area contributed by atoms with Crippen LogP contribution in [0.2, 0.25) is 5.02 Å². The number of anilines is 1. The third kappa shape index (κ3) is 3.37. The van der Waals surface area contributed by atoms with Gasteiger partial charge in [-0.3, -0.25) is 14.2 Å². The first-order chi connectivity index (χ1) is 12.4. The second-order valence-corrected chi connectivity index (χ2v) is 6.58. The molecule has 2 heterocycles. The molecule has 0 aliphatic rings. The van der Waals surface area contributed by atoms with E-state index in [9.17, 15) is 4.79 Å². The lowest BCUT2D eigenvalue weighted by molar-refractivity contribution is 0.101. The van der Waals surface area contributed by atoms with E-state index in [4.69, 9.17) is 11.6 Å². The Labute approximate surface area is 157 Å². The van der Waals surface area contributed by atoms with E-state index >= 15 is 0 Å². The molecule has 0 unspecified atom stereocenters. The van der Waals surface area contributed by atoms with Gasteiger partial charge in [-0.25, -0.2) is 0 Å². The van der Waals surface area contributed by atoms with Gasteiger partial charge in [0.25, 0.3) is 5.91 Å². The molecule has 0 aliphatic carbocycles. The first-order valence-corrected chi connectivity index (χ1v) is 8.92. The zero-order valence-corrected chi connectivity index (χ0v) is 16.1. The number of rotatable bonds is 5. The Bertz CT molecular complexity index is 943. The fraction of sp³-hybridized carbons (Fsp3) is 0.316. The van der Waals surface area contributed by atoms with Crippen LogP contribution in [0.5, 0.6) is 0 Å². The minimum absolute atomic E-state index is 0.275. The molecule has 3 rings (SSSR count). The molecule has 0 spiro atoms. The van der Waals surface area contributed by atoms with Gasteiger partial charge in [-0.15, -0.1) is 0 Å². The maximum Gasteiger partial charge on any atom is 0.275 e. The molecule has 1 aromatic carbocycles. The molecule has 0 aliphatic heterocycles. The number of amides is 1. The molecule has 0 fully saturated rings. The number of halogens is 1. The van der Waals surface area contributed by atoms with Crippen LogP contribution < -0.4 is 5.32 Å². The maximum absolute atomic E-state index is 12.8. The van der Waals surface area contributed by atoms with Gasteiger partial charge in [-0.1, -0.05) is 41.9 Å². The molecule has 1 amide bonds. The van der Waals surface area contributed by atoms with Crippen LogP contribution in [-0.4, -0.2) is 25.5 Å². The molecule has 0 bridgehead atoms. The van der Waals surface area contributed by atoms with Crippen molar-refractivity contribution in [3.05, 3.63) is 63.7 Å². The van der Waals surface area contributed by atoms with Crippen LogP contribution >= 0.6 is 11.6 Å². The summed E-state index contributed by atoms with van der Waals surface area (Å²) in [6.45, 7) is 8.77. The second-order valence-electron chi connectivity index (χ2n) is 6.21. The Kier molecular flexibility index (Phi) is 5.13. The van der Waals surface area contributed by atoms with Crippen LogP contribution in [0.25, 0.3) is 0 Å². The van der Waals surface area contributed by atoms with E-state index in [1.807, 2.05) is 43.7 Å². The molecule has 3 aromatic rings. The standard InChI is InChI=1S/C19H22ClN5O/c1-5-24-18(16(20)12(2)22-24)19(26)21-17-13(3)23-25(14(17)4)11-15-9-7-6-8-10-15/h6-10H,5,11H2,1-4H3,(H,21,26). The van der Waals surface area contributed by atoms with Crippen molar-refractivity contribution in [3.8, 4) is 0 Å². The third-order valence-electron chi connectivity index (χ3n) is 4.36. The van der Waals surface area contributed by atoms with E-state index in [0.717, 1.165) is 17.0 Å². The van der Waals surface area contributed by atoms with Gasteiger partial charge in [0, 0.05) is 6.54 Å². The lowest BCUT2D eigenvalue weighted by Crippen LogP contribution is -2.18. The van der Waals surface area contributed by atoms with E-state index in [-0.39, 0.29) is 5.91 Å². The Balaban J connectivity index is 1.88. The summed E-state index contributed by atoms with van der Waals surface area (Å²) in [7, 11) is 0. The number of carbonyl (C=O) groups excluding carboxylic acids is 1. The number of benzene rings is 1. The molecule has 0 saturated heterocycles. The first-order valence-electron chi connectivity index (χ1n) is 8.54. The smallest absolute Gasteiger partial charge is 0.275 e. The maximum atomic E-state index is 12.8. The number of nitrogens with one attached hydrogen (secondary N) is 1. The SMILES string of the molecule is CCn1nc(C)c(Cl)c1C(=O)Nc1c(C)nn(Cc2ccccc2)c1C. The highest BCUT2D eigenvalue weighted by Gasteiger charge is 2.22. The van der Waals surface area contributed by atoms with E-state index in [1.165, 1.54) is 0 Å². The van der Waals surface area contributed by atoms with E-state index < -0.39 is 0 Å². The number of aromatic nitrogens is 4. The minimum atomic E-state index is -0.275. The van der Waals surface area contributed by atoms with Gasteiger partial charge in [0.1, 0.15) is 5.69 Å². The summed E-state index contributed by atoms with van der Waals surface area (Å²) in [5, 5.41) is 12.2. The van der Waals surface area contributed by atoms with Crippen molar-refractivity contribution in [2.24, 2.45) is 0 Å². The summed E-state index contributed by atoms with van der Waals surface area (Å²) < 4.78 is 3.51. The summed E-state index contributed by atoms with van der Waals surface area (Å²) in [4.78, 5) is 12.8. The van der Waals surface area contributed by atoms with E-state index in [0.29, 0.717) is 35.2 Å². The number of hydrogen-bond acceptors (Lipinski definition) is 3. The van der Waals surface area contributed by atoms with Gasteiger partial charge < -0.3 is 5.32 Å². The zero-order valence-electron chi connectivity index (χ0n) is 15.4. The minimum Gasteiger partial charge on any atom is -0.317 e. The molecule has 2 aromatic heterocycles. The molecular weight excluding hydrogens is 350 g/mol. The largest absolute Gasteiger partial charge is 0.317 e. The summed E-state index contributed by atoms with van der Waals surface area (Å²) in [6, 6.07) is 10.1. The predicted octanol–water partition coefficient (Wildman–Crippen LogP) is 3.98. The Morgan fingerprint density at radius 2 is 1.73 bits per heavy atom. The fourth-order valence-corrected chi connectivity index (χ4v) is 3.19. The summed E-state index contributed by atoms with van der Waals surface area (Å²) >= 11 is 6.28. The van der Waals surface area contributed by atoms with Crippen LogP contribution in [0, 0.1) is 20.8 Å². The van der Waals surface area contributed by atoms with Crippen LogP contribution in [0.1, 0.15) is 40.1 Å². The number of aryl methyl sites for hydroxylation is 3. The van der Waals surface area contributed by atoms with Crippen molar-refractivity contribution in [3.63, 3.8) is 0 Å². The van der Waals surface area contributed by atoms with Crippen molar-refractivity contribution in [2.45, 2.75) is 40.8 Å². The molecule has 0 saturated carbocycles. The van der Waals surface area contributed by atoms with Gasteiger partial charge >= 0.3 is 0 Å². The fourth-order valence-electron chi connectivity index (χ4n) is 2.97. The van der Waals surface area contributed by atoms with Gasteiger partial charge in [-0.05, 0) is 33.3 Å². The monoisotopic (exact) mass is 371 g/mol. The number of hydrogen-bond donors (Lipinski definition) is 1. The molecule has 7 heteroatoms. The molecule has 1 N–H and O–H groups in total. The summed E-state index contributed by atoms with van der Waals surface area (Å²) in [5.41, 5.74) is 4.55. The van der Waals surface area contributed by atoms with E-state index in [2.05, 4.69) is 27.6 Å². The molecule has 0 atom stereocenters. The Hall–Kier alpha value is -2.60. The number of carbonyl (C=O) groups is 1. The highest BCUT2D eigenvalue weighted by atomic mass is 35.5. The van der Waals surface area contributed by atoms with Gasteiger partial charge in [0.05, 0.1) is 34.3 Å². The Morgan fingerprint density at radius 3 is 2.38 bits per heavy atom. The van der Waals surface area contributed by atoms with Crippen LogP contribution in [0.15, 0.2) is 30.3 Å². The lowest BCUT2D eigenvalue weighted by Gasteiger charge is -2.09. The van der Waals surface area contributed by atoms with Crippen LogP contribution in [-0.2, 0) is 13.1 Å². The van der Waals surface area contributed by atoms with Crippen LogP contribution in [0.4, 0.5) is 5.69 Å². The summed E-state index contributed by atoms with van der Waals surface area (Å²) in [5.74, 6) is -0.275. The van der Waals surface area contributed by atoms with Crippen molar-refractivity contribution in [1.29, 1.82) is 0 Å². The highest BCUT2D eigenvalue weighted by molar-refractivity contribution is 6.34. The highest BCUT2D eigenvalue weighted by Crippen LogP contribution is 2.25. The van der Waals surface area contributed by atoms with Gasteiger partial charge in [-0.2, -0.15) is 10.2 Å². The third-order valence-corrected chi connectivity index (χ3v) is 4.82. The molecule has 0 radical (unpaired) electrons. The molecule has 6 nitrogen and oxygen atoms in total. The van der Waals surface area contributed by atoms with Gasteiger partial charge in [0.15, 0.2) is 0 Å². The zero-order chi connectivity index (χ0) is 18.8. The quantitative estimate of drug-likeness (QED) is 0.737. The average molecular weight is 372 g/mol. The van der Waals surface area contributed by atoms with Crippen molar-refractivity contribution >= 4 is 23.2 Å². The normalized spacial score (nSPS) is 11.0. The molecular formula is C19H22ClN5O. The molecule has 26 heavy (non-hydrogen) atoms. The molecule has 136 valence electrons. The summed E-state index contributed by atoms with van der Waals surface area (Å²) in [6.07, 6.45) is 0. The van der Waals surface area contributed by atoms with Crippen molar-refractivity contribution < 1.29 is 4.79 Å². The average Bonchev–Trinajstić information content (AvgIpc) is 3.06.